The number of hydrogen-bond acceptors (Lipinski definition) is 18. The molecule has 0 unspecified atom stereocenters. The van der Waals surface area contributed by atoms with E-state index < -0.39 is 64.2 Å². The molecule has 3 aliphatic heterocycles. The molecule has 2 saturated carbocycles. The Bertz CT molecular complexity index is 5230. The van der Waals surface area contributed by atoms with Gasteiger partial charge in [-0.25, -0.2) is 34.0 Å². The molecule has 5 fully saturated rings. The Morgan fingerprint density at radius 3 is 0.975 bits per heavy atom. The molecule has 0 spiro atoms. The van der Waals surface area contributed by atoms with Gasteiger partial charge in [0.1, 0.15) is 29.8 Å². The molecule has 8 aromatic rings. The van der Waals surface area contributed by atoms with E-state index in [2.05, 4.69) is 21.3 Å². The normalized spacial score (nSPS) is 18.4. The van der Waals surface area contributed by atoms with Crippen LogP contribution in [0.25, 0.3) is 33.4 Å². The maximum absolute atomic E-state index is 13.6. The van der Waals surface area contributed by atoms with Crippen molar-refractivity contribution in [1.82, 2.24) is 48.9 Å². The third kappa shape index (κ3) is 28.8. The number of sulfonamides is 3. The van der Waals surface area contributed by atoms with Gasteiger partial charge in [-0.2, -0.15) is 21.3 Å². The molecule has 27 nitrogen and oxygen atoms in total. The number of aliphatic hydroxyl groups is 1. The van der Waals surface area contributed by atoms with E-state index in [1.54, 1.807) is 46.2 Å². The second kappa shape index (κ2) is 43.6. The molecule has 6 amide bonds. The van der Waals surface area contributed by atoms with Crippen LogP contribution in [0.15, 0.2) is 212 Å². The van der Waals surface area contributed by atoms with Gasteiger partial charge in [0, 0.05) is 126 Å². The van der Waals surface area contributed by atoms with Gasteiger partial charge in [-0.1, -0.05) is 152 Å². The molecule has 648 valence electrons. The fourth-order valence-corrected chi connectivity index (χ4v) is 17.3. The number of carbonyl (C=O) groups excluding carboxylic acids is 6. The average molecular weight is 1740 g/mol. The van der Waals surface area contributed by atoms with Crippen molar-refractivity contribution in [2.45, 2.75) is 93.4 Å². The van der Waals surface area contributed by atoms with Gasteiger partial charge >= 0.3 is 0 Å². The van der Waals surface area contributed by atoms with E-state index in [1.807, 2.05) is 152 Å². The van der Waals surface area contributed by atoms with Crippen LogP contribution in [0.1, 0.15) is 105 Å². The standard InChI is InChI=1S/C32H37FN4O4S.C24H31N3O7S2.C23H29N3O5S.C9H10FN/c1-42(40,41)37-20-18-36(19-21-37)32(39)29(8-5-17-34-30-22-28(30)25-13-15-27(33)16-14-25)35-31(38)26-11-9-24(10-12-26)23-6-3-2-4-7-23;1-35(30,31)27-16-14-26(15-17-27)24(29)22(9-6-18-34-36(2,32)33)25-23(28)21-12-10-20(11-13-21)19-7-4-3-5-8-19;1-32(30,31)26-15-13-25(14-16-26)23(29)21(8-5-17-27)24-22(28)20-11-9-19(10-12-20)18-6-3-2-4-7-18;10-7-3-1-6(2-4-7)8-5-9(8)11/h2-4,6-7,9-16,28-30,34H,5,8,17-22H2,1H3,(H,35,38);3-5,7-8,10-13,22H,6,9,14-18H2,1-2H3,(H,25,28);2-4,6-7,9-12,21,27H,5,8,13-17H2,1H3,(H,24,28);1-4,8-9H,5,11H2/t28-,29-,30+;22-;21-;8-,9+/m0000/s1. The zero-order valence-corrected chi connectivity index (χ0v) is 71.5. The molecule has 7 atom stereocenters. The van der Waals surface area contributed by atoms with Crippen LogP contribution in [-0.2, 0) is 58.8 Å². The lowest BCUT2D eigenvalue weighted by Crippen LogP contribution is -2.55. The van der Waals surface area contributed by atoms with E-state index in [0.29, 0.717) is 72.8 Å². The van der Waals surface area contributed by atoms with Crippen LogP contribution < -0.4 is 27.0 Å². The van der Waals surface area contributed by atoms with Gasteiger partial charge in [0.2, 0.25) is 47.8 Å². The fraction of sp³-hybridized carbons (Fsp3) is 0.386. The first-order chi connectivity index (χ1) is 57.7. The Kier molecular flexibility index (Phi) is 33.6. The summed E-state index contributed by atoms with van der Waals surface area (Å²) in [5.41, 5.74) is 15.2. The molecule has 3 heterocycles. The predicted octanol–water partition coefficient (Wildman–Crippen LogP) is 7.90. The third-order valence-corrected chi connectivity index (χ3v) is 26.0. The first-order valence-corrected chi connectivity index (χ1v) is 47.6. The molecule has 0 bridgehead atoms. The highest BCUT2D eigenvalue weighted by molar-refractivity contribution is 7.88. The molecule has 121 heavy (non-hydrogen) atoms. The highest BCUT2D eigenvalue weighted by Crippen LogP contribution is 2.41. The van der Waals surface area contributed by atoms with E-state index in [9.17, 15) is 76.3 Å². The van der Waals surface area contributed by atoms with Crippen molar-refractivity contribution in [3.8, 4) is 33.4 Å². The van der Waals surface area contributed by atoms with Gasteiger partial charge in [0.15, 0.2) is 0 Å². The third-order valence-electron chi connectivity index (χ3n) is 21.5. The van der Waals surface area contributed by atoms with Crippen LogP contribution in [0, 0.1) is 11.6 Å². The lowest BCUT2D eigenvalue weighted by Gasteiger charge is -2.35. The SMILES string of the molecule is CS(=O)(=O)N1CCN(C(=O)[C@H](CCCN[C@@H]2C[C@H]2c2ccc(F)cc2)NC(=O)c2ccc(-c3ccccc3)cc2)CC1.CS(=O)(=O)N1CCN(C(=O)[C@H](CCCO)NC(=O)c2ccc(-c3ccccc3)cc2)CC1.CS(=O)(=O)OCCC[C@H](NC(=O)c1ccc(-c2ccccc2)cc1)C(=O)N1CCN(S(C)(=O)=O)CC1.N[C@@H]1C[C@H]1c1ccc(F)cc1. The van der Waals surface area contributed by atoms with Crippen molar-refractivity contribution in [3.05, 3.63) is 252 Å². The van der Waals surface area contributed by atoms with E-state index in [1.165, 1.54) is 53.9 Å². The molecule has 33 heteroatoms. The minimum absolute atomic E-state index is 0.0900. The minimum atomic E-state index is -3.62. The molecule has 8 aromatic carbocycles. The van der Waals surface area contributed by atoms with Crippen molar-refractivity contribution >= 4 is 75.6 Å². The number of nitrogens with one attached hydrogen (secondary N) is 4. The van der Waals surface area contributed by atoms with Crippen molar-refractivity contribution in [1.29, 1.82) is 0 Å². The van der Waals surface area contributed by atoms with Gasteiger partial charge in [-0.3, -0.25) is 33.0 Å². The molecular formula is C88H107F2N11O16S4. The van der Waals surface area contributed by atoms with Crippen LogP contribution in [0.5, 0.6) is 0 Å². The maximum Gasteiger partial charge on any atom is 0.264 e. The summed E-state index contributed by atoms with van der Waals surface area (Å²) in [7, 11) is -13.6. The zero-order valence-electron chi connectivity index (χ0n) is 68.2. The van der Waals surface area contributed by atoms with E-state index >= 15 is 0 Å². The van der Waals surface area contributed by atoms with Gasteiger partial charge in [-0.05, 0) is 163 Å². The Hall–Kier alpha value is -10.0. The van der Waals surface area contributed by atoms with Crippen molar-refractivity contribution < 1.29 is 80.5 Å². The Balaban J connectivity index is 0.000000180. The number of nitrogens with zero attached hydrogens (tertiary/aromatic N) is 6. The number of hydrogen-bond donors (Lipinski definition) is 6. The second-order valence-electron chi connectivity index (χ2n) is 30.6. The van der Waals surface area contributed by atoms with E-state index in [4.69, 9.17) is 9.92 Å². The topological polar surface area (TPSA) is 362 Å². The molecule has 5 aliphatic rings. The smallest absolute Gasteiger partial charge is 0.264 e. The summed E-state index contributed by atoms with van der Waals surface area (Å²) in [6, 6.07) is 62.2. The molecule has 2 aliphatic carbocycles. The largest absolute Gasteiger partial charge is 0.396 e. The van der Waals surface area contributed by atoms with Gasteiger partial charge in [-0.15, -0.1) is 0 Å². The number of nitrogens with two attached hydrogens (primary N) is 1. The number of rotatable bonds is 30. The average Bonchev–Trinajstić information content (AvgIpc) is 1.58. The highest BCUT2D eigenvalue weighted by atomic mass is 32.2. The Morgan fingerprint density at radius 2 is 0.686 bits per heavy atom. The van der Waals surface area contributed by atoms with Crippen LogP contribution >= 0.6 is 0 Å². The van der Waals surface area contributed by atoms with E-state index in [0.717, 1.165) is 70.6 Å². The molecule has 0 radical (unpaired) electrons. The number of benzene rings is 8. The summed E-state index contributed by atoms with van der Waals surface area (Å²) in [6.45, 7) is 3.23. The number of halogens is 2. The van der Waals surface area contributed by atoms with Crippen LogP contribution in [0.2, 0.25) is 0 Å². The molecule has 7 N–H and O–H groups in total. The fourth-order valence-electron chi connectivity index (χ4n) is 14.4. The monoisotopic (exact) mass is 1740 g/mol. The lowest BCUT2D eigenvalue weighted by molar-refractivity contribution is -0.135. The minimum Gasteiger partial charge on any atom is -0.396 e. The summed E-state index contributed by atoms with van der Waals surface area (Å²) >= 11 is 0. The second-order valence-corrected chi connectivity index (χ2v) is 38.1. The van der Waals surface area contributed by atoms with Gasteiger partial charge < -0.3 is 46.8 Å². The molecular weight excluding hydrogens is 1630 g/mol. The van der Waals surface area contributed by atoms with Crippen LogP contribution in [-0.4, -0.2) is 255 Å². The predicted molar refractivity (Wildman–Crippen MR) is 461 cm³/mol. The quantitative estimate of drug-likeness (QED) is 0.0184. The summed E-state index contributed by atoms with van der Waals surface area (Å²) in [4.78, 5) is 83.6. The number of carbonyl (C=O) groups is 6. The summed E-state index contributed by atoms with van der Waals surface area (Å²) < 4.78 is 128. The Morgan fingerprint density at radius 1 is 0.397 bits per heavy atom. The van der Waals surface area contributed by atoms with Gasteiger partial charge in [0.25, 0.3) is 27.8 Å². The first-order valence-electron chi connectivity index (χ1n) is 40.3. The summed E-state index contributed by atoms with van der Waals surface area (Å²) in [6.07, 6.45) is 8.58. The van der Waals surface area contributed by atoms with Crippen molar-refractivity contribution in [3.63, 3.8) is 0 Å². The summed E-state index contributed by atoms with van der Waals surface area (Å²) in [5.74, 6) is -1.53. The Labute approximate surface area is 708 Å². The molecule has 0 aromatic heterocycles. The number of piperazine rings is 3. The van der Waals surface area contributed by atoms with Crippen LogP contribution in [0.3, 0.4) is 0 Å². The van der Waals surface area contributed by atoms with E-state index in [-0.39, 0.29) is 146 Å². The number of amides is 6. The van der Waals surface area contributed by atoms with Gasteiger partial charge in [0.05, 0.1) is 31.6 Å². The maximum atomic E-state index is 13.6. The molecule has 3 saturated heterocycles. The highest BCUT2D eigenvalue weighted by Gasteiger charge is 2.39. The zero-order chi connectivity index (χ0) is 87.0. The first kappa shape index (κ1) is 93.2. The number of aliphatic hydroxyl groups excluding tert-OH is 1. The van der Waals surface area contributed by atoms with Crippen molar-refractivity contribution in [2.75, 3.05) is 123 Å². The van der Waals surface area contributed by atoms with Crippen LogP contribution in [0.4, 0.5) is 8.78 Å². The lowest BCUT2D eigenvalue weighted by atomic mass is 10.0. The summed E-state index contributed by atoms with van der Waals surface area (Å²) in [5, 5.41) is 21.2. The molecule has 13 rings (SSSR count). The van der Waals surface area contributed by atoms with Crippen molar-refractivity contribution in [2.24, 2.45) is 5.73 Å².